The largest absolute Gasteiger partial charge is 0.316 e. The van der Waals surface area contributed by atoms with Gasteiger partial charge in [-0.2, -0.15) is 0 Å². The first-order valence-corrected chi connectivity index (χ1v) is 7.00. The minimum Gasteiger partial charge on any atom is -0.316 e. The van der Waals surface area contributed by atoms with Crippen molar-refractivity contribution in [1.29, 1.82) is 0 Å². The summed E-state index contributed by atoms with van der Waals surface area (Å²) in [5.74, 6) is -2.17. The molecule has 0 heterocycles. The summed E-state index contributed by atoms with van der Waals surface area (Å²) in [4.78, 5) is 0. The molecule has 2 rings (SSSR count). The van der Waals surface area contributed by atoms with E-state index < -0.39 is 5.92 Å². The van der Waals surface area contributed by atoms with Crippen molar-refractivity contribution >= 4 is 0 Å². The van der Waals surface area contributed by atoms with Crippen molar-refractivity contribution in [2.75, 3.05) is 7.05 Å². The minimum absolute atomic E-state index is 0.102. The standard InChI is InChI=1S/C14H25F2N/c1-13(6-3-4-7-13)12(17-2)9-11-5-8-14(15,16)10-11/h11-12,17H,3-10H2,1-2H3. The lowest BCUT2D eigenvalue weighted by atomic mass is 9.76. The molecule has 2 aliphatic rings. The zero-order chi connectivity index (χ0) is 12.5. The third-order valence-electron chi connectivity index (χ3n) is 5.01. The Morgan fingerprint density at radius 1 is 1.24 bits per heavy atom. The molecule has 0 aromatic rings. The molecule has 0 aliphatic heterocycles. The maximum Gasteiger partial charge on any atom is 0.248 e. The van der Waals surface area contributed by atoms with Gasteiger partial charge in [0.25, 0.3) is 0 Å². The molecule has 0 aromatic carbocycles. The van der Waals surface area contributed by atoms with E-state index in [1.807, 2.05) is 7.05 Å². The monoisotopic (exact) mass is 245 g/mol. The fraction of sp³-hybridized carbons (Fsp3) is 1.00. The van der Waals surface area contributed by atoms with E-state index in [2.05, 4.69) is 12.2 Å². The van der Waals surface area contributed by atoms with Crippen molar-refractivity contribution in [1.82, 2.24) is 5.32 Å². The van der Waals surface area contributed by atoms with Gasteiger partial charge in [-0.1, -0.05) is 19.8 Å². The van der Waals surface area contributed by atoms with Crippen molar-refractivity contribution in [2.45, 2.75) is 70.3 Å². The molecule has 0 spiro atoms. The normalized spacial score (nSPS) is 32.8. The van der Waals surface area contributed by atoms with Crippen LogP contribution in [-0.2, 0) is 0 Å². The third-order valence-corrected chi connectivity index (χ3v) is 5.01. The molecule has 2 unspecified atom stereocenters. The molecule has 0 amide bonds. The number of nitrogens with one attached hydrogen (secondary N) is 1. The van der Waals surface area contributed by atoms with E-state index >= 15 is 0 Å². The van der Waals surface area contributed by atoms with Gasteiger partial charge in [0.1, 0.15) is 0 Å². The summed E-state index contributed by atoms with van der Waals surface area (Å²) in [6, 6.07) is 0.420. The smallest absolute Gasteiger partial charge is 0.248 e. The van der Waals surface area contributed by atoms with E-state index in [4.69, 9.17) is 0 Å². The summed E-state index contributed by atoms with van der Waals surface area (Å²) in [6.45, 7) is 2.33. The highest BCUT2D eigenvalue weighted by atomic mass is 19.3. The van der Waals surface area contributed by atoms with Gasteiger partial charge < -0.3 is 5.32 Å². The molecule has 2 atom stereocenters. The summed E-state index contributed by atoms with van der Waals surface area (Å²) in [7, 11) is 1.99. The molecule has 0 bridgehead atoms. The lowest BCUT2D eigenvalue weighted by molar-refractivity contribution is 0.00352. The molecule has 100 valence electrons. The van der Waals surface area contributed by atoms with E-state index in [0.717, 1.165) is 6.42 Å². The Bertz CT molecular complexity index is 259. The van der Waals surface area contributed by atoms with Gasteiger partial charge in [-0.3, -0.25) is 0 Å². The van der Waals surface area contributed by atoms with Crippen LogP contribution in [0.3, 0.4) is 0 Å². The second-order valence-corrected chi connectivity index (χ2v) is 6.40. The van der Waals surface area contributed by atoms with Gasteiger partial charge in [0.2, 0.25) is 5.92 Å². The van der Waals surface area contributed by atoms with Gasteiger partial charge in [-0.25, -0.2) is 8.78 Å². The Labute approximate surface area is 103 Å². The molecular formula is C14H25F2N. The molecule has 0 aromatic heterocycles. The topological polar surface area (TPSA) is 12.0 Å². The van der Waals surface area contributed by atoms with Crippen molar-refractivity contribution in [3.63, 3.8) is 0 Å². The predicted molar refractivity (Wildman–Crippen MR) is 66.3 cm³/mol. The number of hydrogen-bond acceptors (Lipinski definition) is 1. The SMILES string of the molecule is CNC(CC1CCC(F)(F)C1)C1(C)CCCC1. The highest BCUT2D eigenvalue weighted by Crippen LogP contribution is 2.46. The number of hydrogen-bond donors (Lipinski definition) is 1. The molecule has 2 aliphatic carbocycles. The van der Waals surface area contributed by atoms with Gasteiger partial charge in [0.15, 0.2) is 0 Å². The van der Waals surface area contributed by atoms with E-state index in [1.54, 1.807) is 0 Å². The molecule has 2 saturated carbocycles. The third kappa shape index (κ3) is 2.98. The van der Waals surface area contributed by atoms with Crippen LogP contribution in [0, 0.1) is 11.3 Å². The second-order valence-electron chi connectivity index (χ2n) is 6.40. The number of rotatable bonds is 4. The molecule has 0 radical (unpaired) electrons. The summed E-state index contributed by atoms with van der Waals surface area (Å²) in [5, 5.41) is 3.39. The van der Waals surface area contributed by atoms with E-state index in [9.17, 15) is 8.78 Å². The maximum atomic E-state index is 13.2. The highest BCUT2D eigenvalue weighted by molar-refractivity contribution is 4.94. The first kappa shape index (κ1) is 13.3. The van der Waals surface area contributed by atoms with Crippen molar-refractivity contribution in [3.05, 3.63) is 0 Å². The zero-order valence-electron chi connectivity index (χ0n) is 11.1. The van der Waals surface area contributed by atoms with Crippen LogP contribution < -0.4 is 5.32 Å². The van der Waals surface area contributed by atoms with Crippen LogP contribution in [-0.4, -0.2) is 19.0 Å². The second kappa shape index (κ2) is 4.83. The van der Waals surface area contributed by atoms with Crippen molar-refractivity contribution in [2.24, 2.45) is 11.3 Å². The van der Waals surface area contributed by atoms with Crippen LogP contribution in [0.4, 0.5) is 8.78 Å². The van der Waals surface area contributed by atoms with Crippen molar-refractivity contribution < 1.29 is 8.78 Å². The molecule has 3 heteroatoms. The predicted octanol–water partition coefficient (Wildman–Crippen LogP) is 3.98. The molecule has 17 heavy (non-hydrogen) atoms. The first-order valence-electron chi connectivity index (χ1n) is 7.00. The fourth-order valence-corrected chi connectivity index (χ4v) is 3.86. The van der Waals surface area contributed by atoms with Gasteiger partial charge in [0.05, 0.1) is 0 Å². The lowest BCUT2D eigenvalue weighted by Gasteiger charge is -2.35. The van der Waals surface area contributed by atoms with Crippen LogP contribution in [0.1, 0.15) is 58.3 Å². The Balaban J connectivity index is 1.92. The molecular weight excluding hydrogens is 220 g/mol. The Morgan fingerprint density at radius 3 is 2.35 bits per heavy atom. The molecule has 2 fully saturated rings. The molecule has 1 N–H and O–H groups in total. The molecule has 0 saturated heterocycles. The lowest BCUT2D eigenvalue weighted by Crippen LogP contribution is -2.41. The van der Waals surface area contributed by atoms with Gasteiger partial charge in [-0.15, -0.1) is 0 Å². The minimum atomic E-state index is -2.39. The summed E-state index contributed by atoms with van der Waals surface area (Å²) in [5.41, 5.74) is 0.340. The Hall–Kier alpha value is -0.180. The average Bonchev–Trinajstić information content (AvgIpc) is 2.82. The first-order chi connectivity index (χ1) is 7.95. The number of alkyl halides is 2. The van der Waals surface area contributed by atoms with Crippen LogP contribution >= 0.6 is 0 Å². The van der Waals surface area contributed by atoms with Crippen LogP contribution in [0.15, 0.2) is 0 Å². The average molecular weight is 245 g/mol. The maximum absolute atomic E-state index is 13.2. The fourth-order valence-electron chi connectivity index (χ4n) is 3.86. The summed E-state index contributed by atoms with van der Waals surface area (Å²) in [6.07, 6.45) is 6.96. The quantitative estimate of drug-likeness (QED) is 0.790. The Kier molecular flexibility index (Phi) is 3.77. The number of halogens is 2. The summed E-state index contributed by atoms with van der Waals surface area (Å²) < 4.78 is 26.4. The van der Waals surface area contributed by atoms with Gasteiger partial charge in [-0.05, 0) is 44.1 Å². The summed E-state index contributed by atoms with van der Waals surface area (Å²) >= 11 is 0. The Morgan fingerprint density at radius 2 is 1.88 bits per heavy atom. The van der Waals surface area contributed by atoms with E-state index in [1.165, 1.54) is 25.7 Å². The van der Waals surface area contributed by atoms with E-state index in [0.29, 0.717) is 17.9 Å². The van der Waals surface area contributed by atoms with Crippen molar-refractivity contribution in [3.8, 4) is 0 Å². The van der Waals surface area contributed by atoms with E-state index in [-0.39, 0.29) is 18.8 Å². The van der Waals surface area contributed by atoms with Crippen LogP contribution in [0.25, 0.3) is 0 Å². The highest BCUT2D eigenvalue weighted by Gasteiger charge is 2.43. The molecule has 1 nitrogen and oxygen atoms in total. The van der Waals surface area contributed by atoms with Gasteiger partial charge >= 0.3 is 0 Å². The van der Waals surface area contributed by atoms with Crippen LogP contribution in [0.5, 0.6) is 0 Å². The van der Waals surface area contributed by atoms with Gasteiger partial charge in [0, 0.05) is 18.9 Å². The van der Waals surface area contributed by atoms with Crippen LogP contribution in [0.2, 0.25) is 0 Å². The zero-order valence-corrected chi connectivity index (χ0v) is 11.1.